The Morgan fingerprint density at radius 3 is 2.57 bits per heavy atom. The lowest BCUT2D eigenvalue weighted by molar-refractivity contribution is -0.174. The van der Waals surface area contributed by atoms with Crippen LogP contribution in [0.2, 0.25) is 18.1 Å². The van der Waals surface area contributed by atoms with Crippen molar-refractivity contribution in [1.82, 2.24) is 4.90 Å². The van der Waals surface area contributed by atoms with E-state index in [1.807, 2.05) is 31.2 Å². The molecule has 1 amide bonds. The lowest BCUT2D eigenvalue weighted by Gasteiger charge is -2.52. The van der Waals surface area contributed by atoms with Gasteiger partial charge in [-0.25, -0.2) is 4.79 Å². The summed E-state index contributed by atoms with van der Waals surface area (Å²) in [6, 6.07) is 6.94. The van der Waals surface area contributed by atoms with Crippen LogP contribution in [0.3, 0.4) is 0 Å². The SMILES string of the molecule is C=CCOC(=O)C(Cl)N1C(=O)[C@H]([C@@H](C)O[Si](C)(C)C(C)(C)C)[C@H]1CC(=O)[C@@H]1Cc2ccccc2O1. The number of benzene rings is 1. The highest BCUT2D eigenvalue weighted by atomic mass is 35.5. The van der Waals surface area contributed by atoms with Gasteiger partial charge in [-0.1, -0.05) is 63.2 Å². The van der Waals surface area contributed by atoms with Crippen LogP contribution in [-0.4, -0.2) is 61.2 Å². The van der Waals surface area contributed by atoms with Crippen LogP contribution in [0.5, 0.6) is 5.75 Å². The van der Waals surface area contributed by atoms with Crippen molar-refractivity contribution in [2.75, 3.05) is 6.61 Å². The van der Waals surface area contributed by atoms with Gasteiger partial charge in [0.2, 0.25) is 11.4 Å². The van der Waals surface area contributed by atoms with Gasteiger partial charge in [0.25, 0.3) is 0 Å². The molecule has 35 heavy (non-hydrogen) atoms. The molecule has 192 valence electrons. The molecular formula is C26H36ClNO6Si. The zero-order valence-electron chi connectivity index (χ0n) is 21.4. The summed E-state index contributed by atoms with van der Waals surface area (Å²) in [6.45, 7) is 16.0. The van der Waals surface area contributed by atoms with Crippen LogP contribution >= 0.6 is 11.6 Å². The van der Waals surface area contributed by atoms with E-state index in [2.05, 4.69) is 40.4 Å². The van der Waals surface area contributed by atoms with E-state index in [4.69, 9.17) is 25.5 Å². The number of ether oxygens (including phenoxy) is 2. The van der Waals surface area contributed by atoms with Gasteiger partial charge in [0.15, 0.2) is 20.2 Å². The van der Waals surface area contributed by atoms with Crippen LogP contribution in [0.15, 0.2) is 36.9 Å². The van der Waals surface area contributed by atoms with Gasteiger partial charge in [0, 0.05) is 12.8 Å². The average Bonchev–Trinajstić information content (AvgIpc) is 3.20. The van der Waals surface area contributed by atoms with Crippen molar-refractivity contribution < 1.29 is 28.3 Å². The number of carbonyl (C=O) groups is 3. The third kappa shape index (κ3) is 5.65. The highest BCUT2D eigenvalue weighted by Gasteiger charge is 2.56. The van der Waals surface area contributed by atoms with Crippen LogP contribution in [-0.2, 0) is 30.0 Å². The fourth-order valence-electron chi connectivity index (χ4n) is 4.35. The minimum absolute atomic E-state index is 0.0121. The number of ketones is 1. The number of amides is 1. The number of hydrogen-bond acceptors (Lipinski definition) is 6. The zero-order valence-corrected chi connectivity index (χ0v) is 23.1. The maximum atomic E-state index is 13.3. The first-order valence-corrected chi connectivity index (χ1v) is 15.3. The minimum atomic E-state index is -2.19. The van der Waals surface area contributed by atoms with Gasteiger partial charge in [0.1, 0.15) is 12.4 Å². The Morgan fingerprint density at radius 2 is 1.97 bits per heavy atom. The number of hydrogen-bond donors (Lipinski definition) is 0. The van der Waals surface area contributed by atoms with Crippen LogP contribution < -0.4 is 4.74 Å². The number of alkyl halides is 1. The number of likely N-dealkylation sites (tertiary alicyclic amines) is 1. The van der Waals surface area contributed by atoms with E-state index in [0.717, 1.165) is 5.56 Å². The summed E-state index contributed by atoms with van der Waals surface area (Å²) < 4.78 is 17.4. The van der Waals surface area contributed by atoms with E-state index in [1.165, 1.54) is 11.0 Å². The molecule has 0 aliphatic carbocycles. The summed E-state index contributed by atoms with van der Waals surface area (Å²) in [5.74, 6) is -1.11. The minimum Gasteiger partial charge on any atom is -0.482 e. The van der Waals surface area contributed by atoms with Crippen LogP contribution in [0.4, 0.5) is 0 Å². The smallest absolute Gasteiger partial charge is 0.344 e. The highest BCUT2D eigenvalue weighted by molar-refractivity contribution is 6.74. The lowest BCUT2D eigenvalue weighted by Crippen LogP contribution is -2.69. The first-order chi connectivity index (χ1) is 16.3. The second-order valence-corrected chi connectivity index (χ2v) is 15.9. The van der Waals surface area contributed by atoms with Crippen molar-refractivity contribution in [3.63, 3.8) is 0 Å². The molecule has 3 rings (SSSR count). The van der Waals surface area contributed by atoms with Gasteiger partial charge in [-0.05, 0) is 36.7 Å². The Morgan fingerprint density at radius 1 is 1.31 bits per heavy atom. The van der Waals surface area contributed by atoms with Crippen molar-refractivity contribution in [2.24, 2.45) is 5.92 Å². The molecule has 1 aromatic carbocycles. The van der Waals surface area contributed by atoms with Crippen LogP contribution in [0.1, 0.15) is 39.7 Å². The Kier molecular flexibility index (Phi) is 8.18. The van der Waals surface area contributed by atoms with E-state index in [-0.39, 0.29) is 29.8 Å². The standard InChI is InChI=1S/C26H36ClNO6Si/c1-8-13-32-25(31)23(27)28-18(15-19(29)21-14-17-11-9-10-12-20(17)33-21)22(24(28)30)16(2)34-35(6,7)26(3,4)5/h8-12,16,18,21-23H,1,13-15H2,2-7H3/t16-,18-,21+,22-,23?/m1/s1. The van der Waals surface area contributed by atoms with Gasteiger partial charge in [0.05, 0.1) is 18.1 Å². The summed E-state index contributed by atoms with van der Waals surface area (Å²) in [4.78, 5) is 40.2. The van der Waals surface area contributed by atoms with Gasteiger partial charge in [-0.2, -0.15) is 0 Å². The molecule has 0 N–H and O–H groups in total. The number of carbonyl (C=O) groups excluding carboxylic acids is 3. The molecule has 0 saturated carbocycles. The molecule has 1 unspecified atom stereocenters. The molecule has 0 spiro atoms. The highest BCUT2D eigenvalue weighted by Crippen LogP contribution is 2.42. The number of fused-ring (bicyclic) bond motifs is 1. The summed E-state index contributed by atoms with van der Waals surface area (Å²) in [7, 11) is -2.19. The van der Waals surface area contributed by atoms with Crippen molar-refractivity contribution in [3.8, 4) is 5.75 Å². The molecule has 7 nitrogen and oxygen atoms in total. The Labute approximate surface area is 213 Å². The van der Waals surface area contributed by atoms with Crippen LogP contribution in [0, 0.1) is 5.92 Å². The summed E-state index contributed by atoms with van der Waals surface area (Å²) in [5, 5.41) is -0.0496. The third-order valence-electron chi connectivity index (χ3n) is 7.30. The molecular weight excluding hydrogens is 486 g/mol. The Bertz CT molecular complexity index is 965. The molecule has 0 aromatic heterocycles. The van der Waals surface area contributed by atoms with Crippen molar-refractivity contribution in [3.05, 3.63) is 42.5 Å². The predicted octanol–water partition coefficient (Wildman–Crippen LogP) is 4.48. The number of nitrogens with zero attached hydrogens (tertiary/aromatic N) is 1. The number of para-hydroxylation sites is 1. The second kappa shape index (κ2) is 10.4. The average molecular weight is 522 g/mol. The number of esters is 1. The summed E-state index contributed by atoms with van der Waals surface area (Å²) in [5.41, 5.74) is -0.361. The van der Waals surface area contributed by atoms with E-state index in [9.17, 15) is 14.4 Å². The monoisotopic (exact) mass is 521 g/mol. The number of Topliss-reactive ketones (excluding diaryl/α,β-unsaturated/α-hetero) is 1. The van der Waals surface area contributed by atoms with Crippen molar-refractivity contribution in [1.29, 1.82) is 0 Å². The predicted molar refractivity (Wildman–Crippen MR) is 137 cm³/mol. The molecule has 1 saturated heterocycles. The molecule has 1 fully saturated rings. The first kappa shape index (κ1) is 27.4. The second-order valence-electron chi connectivity index (χ2n) is 10.8. The lowest BCUT2D eigenvalue weighted by atomic mass is 9.79. The van der Waals surface area contributed by atoms with Gasteiger partial charge < -0.3 is 18.8 Å². The topological polar surface area (TPSA) is 82.1 Å². The molecule has 9 heteroatoms. The normalized spacial score (nSPS) is 23.6. The maximum absolute atomic E-state index is 13.3. The molecule has 2 heterocycles. The van der Waals surface area contributed by atoms with Crippen molar-refractivity contribution in [2.45, 2.75) is 82.4 Å². The van der Waals surface area contributed by atoms with Gasteiger partial charge in [-0.3, -0.25) is 9.59 Å². The fraction of sp³-hybridized carbons (Fsp3) is 0.577. The third-order valence-corrected chi connectivity index (χ3v) is 12.3. The fourth-order valence-corrected chi connectivity index (χ4v) is 6.08. The molecule has 0 bridgehead atoms. The van der Waals surface area contributed by atoms with E-state index in [1.54, 1.807) is 0 Å². The number of halogens is 1. The van der Waals surface area contributed by atoms with Gasteiger partial charge in [-0.15, -0.1) is 0 Å². The number of rotatable bonds is 10. The van der Waals surface area contributed by atoms with E-state index < -0.39 is 44.0 Å². The molecule has 0 radical (unpaired) electrons. The molecule has 2 aliphatic rings. The van der Waals surface area contributed by atoms with E-state index >= 15 is 0 Å². The molecule has 2 aliphatic heterocycles. The number of β-lactam (4-membered cyclic amide) rings is 1. The van der Waals surface area contributed by atoms with Crippen molar-refractivity contribution >= 4 is 37.6 Å². The molecule has 5 atom stereocenters. The quantitative estimate of drug-likeness (QED) is 0.113. The van der Waals surface area contributed by atoms with Gasteiger partial charge >= 0.3 is 5.97 Å². The Balaban J connectivity index is 1.79. The van der Waals surface area contributed by atoms with Crippen LogP contribution in [0.25, 0.3) is 0 Å². The molecule has 1 aromatic rings. The first-order valence-electron chi connectivity index (χ1n) is 12.0. The van der Waals surface area contributed by atoms with E-state index in [0.29, 0.717) is 12.2 Å². The Hall–Kier alpha value is -2.16. The summed E-state index contributed by atoms with van der Waals surface area (Å²) in [6.07, 6.45) is 0.837. The zero-order chi connectivity index (χ0) is 26.1. The largest absolute Gasteiger partial charge is 0.482 e. The summed E-state index contributed by atoms with van der Waals surface area (Å²) >= 11 is 6.37. The maximum Gasteiger partial charge on any atom is 0.344 e.